The van der Waals surface area contributed by atoms with Crippen molar-refractivity contribution in [1.82, 2.24) is 40.2 Å². The van der Waals surface area contributed by atoms with E-state index < -0.39 is 17.2 Å². The maximum absolute atomic E-state index is 17.1. The lowest BCUT2D eigenvalue weighted by Gasteiger charge is -2.36. The molecule has 3 unspecified atom stereocenters. The van der Waals surface area contributed by atoms with Gasteiger partial charge in [-0.3, -0.25) is 19.5 Å². The highest BCUT2D eigenvalue weighted by Crippen LogP contribution is 2.43. The summed E-state index contributed by atoms with van der Waals surface area (Å²) >= 11 is 1.60. The van der Waals surface area contributed by atoms with E-state index in [9.17, 15) is 14.7 Å². The van der Waals surface area contributed by atoms with E-state index in [-0.39, 0.29) is 64.3 Å². The maximum Gasteiger partial charge on any atom is 0.319 e. The van der Waals surface area contributed by atoms with Crippen LogP contribution in [0.15, 0.2) is 76.9 Å². The molecule has 3 saturated heterocycles. The van der Waals surface area contributed by atoms with Crippen LogP contribution in [0.4, 0.5) is 10.2 Å². The van der Waals surface area contributed by atoms with Gasteiger partial charge >= 0.3 is 6.01 Å². The minimum atomic E-state index is -1.58. The van der Waals surface area contributed by atoms with E-state index in [4.69, 9.17) is 36.8 Å². The summed E-state index contributed by atoms with van der Waals surface area (Å²) in [6.45, 7) is 14.8. The van der Waals surface area contributed by atoms with Crippen LogP contribution in [0.5, 0.6) is 17.6 Å². The lowest BCUT2D eigenvalue weighted by molar-refractivity contribution is -0.142. The first-order chi connectivity index (χ1) is 37.2. The number of phenols is 1. The normalized spacial score (nSPS) is 20.3. The van der Waals surface area contributed by atoms with Gasteiger partial charge in [0.15, 0.2) is 5.82 Å². The first-order valence-electron chi connectivity index (χ1n) is 27.5. The molecule has 4 fully saturated rings. The van der Waals surface area contributed by atoms with E-state index in [2.05, 4.69) is 32.2 Å². The molecule has 4 aromatic heterocycles. The molecule has 2 radical (unpaired) electrons. The first-order valence-corrected chi connectivity index (χ1v) is 28.4. The fraction of sp³-hybridized carbons (Fsp3) is 0.475. The number of aromatic hydroxyl groups is 1. The van der Waals surface area contributed by atoms with Gasteiger partial charge in [0.1, 0.15) is 41.2 Å². The molecule has 4 aliphatic rings. The summed E-state index contributed by atoms with van der Waals surface area (Å²) in [4.78, 5) is 54.4. The molecule has 0 spiro atoms. The van der Waals surface area contributed by atoms with Crippen molar-refractivity contribution in [3.8, 4) is 39.3 Å². The Morgan fingerprint density at radius 2 is 1.75 bits per heavy atom. The van der Waals surface area contributed by atoms with Crippen molar-refractivity contribution >= 4 is 58.5 Å². The van der Waals surface area contributed by atoms with E-state index in [1.165, 1.54) is 19.3 Å². The Labute approximate surface area is 454 Å². The fourth-order valence-corrected chi connectivity index (χ4v) is 13.1. The Balaban J connectivity index is 0.704. The number of halogens is 1. The number of thiazole rings is 1. The average Bonchev–Trinajstić information content (AvgIpc) is 4.33. The topological polar surface area (TPSA) is 172 Å². The largest absolute Gasteiger partial charge is 0.508 e. The zero-order valence-electron chi connectivity index (χ0n) is 44.6. The molecule has 400 valence electrons. The highest BCUT2D eigenvalue weighted by Gasteiger charge is 2.48. The number of fused-ring (bicyclic) bond motifs is 4. The summed E-state index contributed by atoms with van der Waals surface area (Å²) in [5.41, 5.74) is 6.70. The second kappa shape index (κ2) is 22.0. The second-order valence-electron chi connectivity index (χ2n) is 22.1. The van der Waals surface area contributed by atoms with Gasteiger partial charge in [0, 0.05) is 44.0 Å². The molecule has 5 atom stereocenters. The van der Waals surface area contributed by atoms with Crippen LogP contribution in [-0.4, -0.2) is 118 Å². The van der Waals surface area contributed by atoms with E-state index in [1.54, 1.807) is 40.6 Å². The number of pyridine rings is 1. The van der Waals surface area contributed by atoms with E-state index >= 15 is 4.39 Å². The predicted molar refractivity (Wildman–Crippen MR) is 297 cm³/mol. The number of carbonyl (C=O) groups excluding carboxylic acids is 2. The van der Waals surface area contributed by atoms with Crippen LogP contribution in [0.1, 0.15) is 101 Å². The van der Waals surface area contributed by atoms with Gasteiger partial charge in [-0.05, 0) is 147 Å². The van der Waals surface area contributed by atoms with E-state index in [0.717, 1.165) is 83.5 Å². The molecular weight excluding hydrogens is 993 g/mol. The van der Waals surface area contributed by atoms with Crippen molar-refractivity contribution in [3.63, 3.8) is 0 Å². The molecule has 3 aromatic carbocycles. The molecule has 2 amide bonds. The second-order valence-corrected chi connectivity index (χ2v) is 23.0. The number of piperidine rings is 2. The Morgan fingerprint density at radius 1 is 0.974 bits per heavy atom. The molecule has 7 heterocycles. The summed E-state index contributed by atoms with van der Waals surface area (Å²) in [6, 6.07) is 18.1. The van der Waals surface area contributed by atoms with Gasteiger partial charge in [-0.25, -0.2) is 9.37 Å². The Morgan fingerprint density at radius 3 is 2.48 bits per heavy atom. The van der Waals surface area contributed by atoms with Crippen LogP contribution in [0.25, 0.3) is 43.4 Å². The number of carbonyl (C=O) groups is 2. The molecule has 3 aliphatic heterocycles. The monoisotopic (exact) mass is 1060 g/mol. The standard InChI is InChI=1S/C59H67BFN9O6S/c1-6-40-9-7-10-43-26-44(71)27-45(50(40)43)52-51(61)53-46(29-62-52)55(69-30-38-12-13-39(25-38)31-69)66-58(65-53)74-24-23-68-21-18-37(19-22-68)32-75-49-28-48(76-67-49)59(60,34(2)3)57(73)70-20-8-11-47(70)56(72)64-35(4)41-14-16-42(17-15-41)54-36(5)63-33-77-54/h7,9-10,14-17,26-29,33-35,37-39,47,71H,6,8,11-13,18-25,30-32H2,1-5H3,(H,64,72)/t35-,38?,39?,47-,59?/m0/s1. The number of hydrogen-bond donors (Lipinski definition) is 2. The van der Waals surface area contributed by atoms with Crippen molar-refractivity contribution < 1.29 is 33.1 Å². The van der Waals surface area contributed by atoms with Crippen LogP contribution in [0.3, 0.4) is 0 Å². The number of aryl methyl sites for hydroxylation is 2. The summed E-state index contributed by atoms with van der Waals surface area (Å²) in [6.07, 6.45) is 8.95. The van der Waals surface area contributed by atoms with Gasteiger partial charge < -0.3 is 34.2 Å². The number of ether oxygens (including phenoxy) is 2. The van der Waals surface area contributed by atoms with Crippen LogP contribution < -0.4 is 19.7 Å². The number of nitrogens with zero attached hydrogens (tertiary/aromatic N) is 8. The minimum Gasteiger partial charge on any atom is -0.508 e. The van der Waals surface area contributed by atoms with Crippen molar-refractivity contribution in [2.45, 2.75) is 103 Å². The van der Waals surface area contributed by atoms with Crippen molar-refractivity contribution in [2.24, 2.45) is 23.7 Å². The first kappa shape index (κ1) is 52.4. The third-order valence-corrected chi connectivity index (χ3v) is 17.8. The zero-order chi connectivity index (χ0) is 53.5. The molecule has 1 aliphatic carbocycles. The average molecular weight is 1060 g/mol. The van der Waals surface area contributed by atoms with Crippen LogP contribution in [0, 0.1) is 36.4 Å². The van der Waals surface area contributed by atoms with Crippen molar-refractivity contribution in [2.75, 3.05) is 57.4 Å². The Hall–Kier alpha value is -6.66. The lowest BCUT2D eigenvalue weighted by Crippen LogP contribution is -2.55. The minimum absolute atomic E-state index is 0.0392. The number of aromatic nitrogens is 5. The SMILES string of the molecule is [B]C(C(=O)N1CCC[C@H]1C(=O)N[C@@H](C)c1ccc(-c2scnc2C)cc1)(c1cc(OCC2CCN(CCOc3nc(N4CC5CCC(C5)C4)c4cnc(-c5cc(O)cc6cccc(CC)c56)c(F)c4n3)CC2)no1)C(C)C. The van der Waals surface area contributed by atoms with Crippen molar-refractivity contribution in [1.29, 1.82) is 0 Å². The summed E-state index contributed by atoms with van der Waals surface area (Å²) in [7, 11) is 7.02. The predicted octanol–water partition coefficient (Wildman–Crippen LogP) is 9.97. The molecule has 2 bridgehead atoms. The third kappa shape index (κ3) is 10.5. The van der Waals surface area contributed by atoms with Crippen LogP contribution in [0.2, 0.25) is 0 Å². The van der Waals surface area contributed by atoms with Gasteiger partial charge in [-0.1, -0.05) is 63.2 Å². The molecule has 11 rings (SSSR count). The summed E-state index contributed by atoms with van der Waals surface area (Å²) in [5, 5.41) is 18.7. The number of nitrogens with one attached hydrogen (secondary N) is 1. The van der Waals surface area contributed by atoms with Crippen LogP contribution in [-0.2, 0) is 21.3 Å². The molecule has 18 heteroatoms. The van der Waals surface area contributed by atoms with E-state index in [0.29, 0.717) is 67.7 Å². The quantitative estimate of drug-likeness (QED) is 0.0827. The van der Waals surface area contributed by atoms with Gasteiger partial charge in [0.25, 0.3) is 5.88 Å². The molecule has 2 N–H and O–H groups in total. The Bertz CT molecular complexity index is 3280. The maximum atomic E-state index is 17.1. The van der Waals surface area contributed by atoms with Gasteiger partial charge in [-0.2, -0.15) is 9.97 Å². The number of rotatable bonds is 17. The summed E-state index contributed by atoms with van der Waals surface area (Å²) in [5.74, 6) is 0.968. The van der Waals surface area contributed by atoms with Crippen molar-refractivity contribution in [3.05, 3.63) is 101 Å². The highest BCUT2D eigenvalue weighted by atomic mass is 32.1. The highest BCUT2D eigenvalue weighted by molar-refractivity contribution is 7.13. The van der Waals surface area contributed by atoms with E-state index in [1.807, 2.05) is 75.7 Å². The molecular formula is C59H67BFN9O6S. The number of anilines is 1. The van der Waals surface area contributed by atoms with Gasteiger partial charge in [-0.15, -0.1) is 11.3 Å². The number of amides is 2. The smallest absolute Gasteiger partial charge is 0.319 e. The number of hydrogen-bond acceptors (Lipinski definition) is 14. The molecule has 77 heavy (non-hydrogen) atoms. The van der Waals surface area contributed by atoms with Crippen LogP contribution >= 0.6 is 11.3 Å². The lowest BCUT2D eigenvalue weighted by atomic mass is 9.59. The zero-order valence-corrected chi connectivity index (χ0v) is 45.5. The third-order valence-electron chi connectivity index (χ3n) is 16.8. The van der Waals surface area contributed by atoms with Gasteiger partial charge in [0.2, 0.25) is 11.8 Å². The van der Waals surface area contributed by atoms with Gasteiger partial charge in [0.05, 0.1) is 47.3 Å². The number of benzene rings is 3. The Kier molecular flexibility index (Phi) is 15.0. The molecule has 7 aromatic rings. The number of likely N-dealkylation sites (tertiary alicyclic amines) is 2. The summed E-state index contributed by atoms with van der Waals surface area (Å²) < 4.78 is 35.4. The molecule has 15 nitrogen and oxygen atoms in total. The molecule has 1 saturated carbocycles. The number of phenolic OH excluding ortho intramolecular Hbond substituents is 1. The fourth-order valence-electron chi connectivity index (χ4n) is 12.3.